The highest BCUT2D eigenvalue weighted by Crippen LogP contribution is 2.27. The SMILES string of the molecule is CCCCOc1nc(N)nc2nc(OS(=O)(=O)C(F)(F)F)cnc12. The molecule has 0 saturated carbocycles. The van der Waals surface area contributed by atoms with E-state index in [0.717, 1.165) is 12.8 Å². The normalized spacial score (nSPS) is 12.3. The minimum atomic E-state index is -5.87. The first-order valence-electron chi connectivity index (χ1n) is 6.58. The summed E-state index contributed by atoms with van der Waals surface area (Å²) < 4.78 is 68.1. The smallest absolute Gasteiger partial charge is 0.476 e. The second kappa shape index (κ2) is 6.59. The lowest BCUT2D eigenvalue weighted by atomic mass is 10.4. The Labute approximate surface area is 134 Å². The third kappa shape index (κ3) is 3.90. The van der Waals surface area contributed by atoms with E-state index >= 15 is 0 Å². The molecule has 0 aliphatic carbocycles. The van der Waals surface area contributed by atoms with E-state index in [0.29, 0.717) is 12.8 Å². The van der Waals surface area contributed by atoms with Gasteiger partial charge in [-0.15, -0.1) is 0 Å². The number of halogens is 3. The molecular weight excluding hydrogens is 355 g/mol. The van der Waals surface area contributed by atoms with Gasteiger partial charge in [0, 0.05) is 0 Å². The van der Waals surface area contributed by atoms with Gasteiger partial charge in [-0.3, -0.25) is 0 Å². The molecule has 2 aromatic rings. The summed E-state index contributed by atoms with van der Waals surface area (Å²) in [6.45, 7) is 2.25. The van der Waals surface area contributed by atoms with E-state index in [2.05, 4.69) is 24.1 Å². The van der Waals surface area contributed by atoms with Gasteiger partial charge >= 0.3 is 15.6 Å². The Morgan fingerprint density at radius 3 is 2.58 bits per heavy atom. The Bertz CT molecular complexity index is 843. The maximum absolute atomic E-state index is 12.3. The van der Waals surface area contributed by atoms with E-state index in [9.17, 15) is 21.6 Å². The predicted octanol–water partition coefficient (Wildman–Crippen LogP) is 1.41. The molecule has 0 aromatic carbocycles. The van der Waals surface area contributed by atoms with E-state index in [4.69, 9.17) is 10.5 Å². The topological polar surface area (TPSA) is 130 Å². The van der Waals surface area contributed by atoms with Crippen LogP contribution in [0.2, 0.25) is 0 Å². The number of aromatic nitrogens is 4. The lowest BCUT2D eigenvalue weighted by molar-refractivity contribution is -0.0501. The number of fused-ring (bicyclic) bond motifs is 1. The molecule has 0 aliphatic heterocycles. The van der Waals surface area contributed by atoms with E-state index in [1.165, 1.54) is 0 Å². The first kappa shape index (κ1) is 17.9. The summed E-state index contributed by atoms with van der Waals surface area (Å²) in [7, 11) is -5.87. The van der Waals surface area contributed by atoms with Gasteiger partial charge in [0.05, 0.1) is 12.8 Å². The second-order valence-corrected chi connectivity index (χ2v) is 5.99. The molecular formula is C11H12F3N5O4S. The number of unbranched alkanes of at least 4 members (excludes halogenated alkanes) is 1. The summed E-state index contributed by atoms with van der Waals surface area (Å²) >= 11 is 0. The Balaban J connectivity index is 2.38. The summed E-state index contributed by atoms with van der Waals surface area (Å²) in [5, 5.41) is 0. The number of nitrogens with zero attached hydrogens (tertiary/aromatic N) is 4. The van der Waals surface area contributed by atoms with Gasteiger partial charge in [0.15, 0.2) is 11.2 Å². The van der Waals surface area contributed by atoms with Gasteiger partial charge in [-0.25, -0.2) is 4.98 Å². The Hall–Kier alpha value is -2.44. The van der Waals surface area contributed by atoms with Crippen LogP contribution in [-0.2, 0) is 10.1 Å². The number of anilines is 1. The minimum absolute atomic E-state index is 0.0105. The molecule has 24 heavy (non-hydrogen) atoms. The monoisotopic (exact) mass is 367 g/mol. The van der Waals surface area contributed by atoms with Crippen molar-refractivity contribution >= 4 is 27.2 Å². The van der Waals surface area contributed by atoms with Crippen LogP contribution in [0.3, 0.4) is 0 Å². The van der Waals surface area contributed by atoms with Crippen LogP contribution in [0.4, 0.5) is 19.1 Å². The molecule has 0 spiro atoms. The molecule has 0 amide bonds. The van der Waals surface area contributed by atoms with Gasteiger partial charge in [-0.1, -0.05) is 13.3 Å². The van der Waals surface area contributed by atoms with Crippen LogP contribution in [0.25, 0.3) is 11.2 Å². The molecule has 2 rings (SSSR count). The van der Waals surface area contributed by atoms with Crippen molar-refractivity contribution in [3.05, 3.63) is 6.20 Å². The van der Waals surface area contributed by atoms with E-state index in [-0.39, 0.29) is 23.0 Å². The van der Waals surface area contributed by atoms with Crippen molar-refractivity contribution in [3.8, 4) is 11.8 Å². The average molecular weight is 367 g/mol. The van der Waals surface area contributed by atoms with E-state index in [1.54, 1.807) is 0 Å². The van der Waals surface area contributed by atoms with Crippen LogP contribution in [-0.4, -0.2) is 40.5 Å². The summed E-state index contributed by atoms with van der Waals surface area (Å²) in [6, 6.07) is 0. The van der Waals surface area contributed by atoms with Gasteiger partial charge in [0.25, 0.3) is 5.88 Å². The van der Waals surface area contributed by atoms with Gasteiger partial charge < -0.3 is 14.7 Å². The van der Waals surface area contributed by atoms with Crippen molar-refractivity contribution in [3.63, 3.8) is 0 Å². The third-order valence-corrected chi connectivity index (χ3v) is 3.54. The van der Waals surface area contributed by atoms with Crippen molar-refractivity contribution < 1.29 is 30.5 Å². The Morgan fingerprint density at radius 1 is 1.25 bits per heavy atom. The molecule has 2 heterocycles. The highest BCUT2D eigenvalue weighted by atomic mass is 32.2. The van der Waals surface area contributed by atoms with Gasteiger partial charge in [-0.05, 0) is 6.42 Å². The zero-order valence-corrected chi connectivity index (χ0v) is 13.1. The number of ether oxygens (including phenoxy) is 1. The van der Waals surface area contributed by atoms with Gasteiger partial charge in [0.1, 0.15) is 0 Å². The molecule has 2 aromatic heterocycles. The average Bonchev–Trinajstić information content (AvgIpc) is 2.45. The molecule has 132 valence electrons. The molecule has 9 nitrogen and oxygen atoms in total. The molecule has 0 unspecified atom stereocenters. The summed E-state index contributed by atoms with van der Waals surface area (Å²) in [5.41, 5.74) is -0.377. The lowest BCUT2D eigenvalue weighted by Gasteiger charge is -2.10. The van der Waals surface area contributed by atoms with Crippen molar-refractivity contribution in [1.29, 1.82) is 0 Å². The first-order chi connectivity index (χ1) is 11.1. The standard InChI is InChI=1S/C11H12F3N5O4S/c1-2-3-4-22-9-7-8(18-10(15)19-9)17-6(5-16-7)23-24(20,21)11(12,13)14/h5H,2-4H2,1H3,(H2,15,17,18,19). The number of rotatable bonds is 6. The van der Waals surface area contributed by atoms with Crippen LogP contribution in [0.5, 0.6) is 11.8 Å². The maximum Gasteiger partial charge on any atom is 0.534 e. The quantitative estimate of drug-likeness (QED) is 0.457. The summed E-state index contributed by atoms with van der Waals surface area (Å²) in [6.07, 6.45) is 2.28. The number of nitrogen functional groups attached to an aromatic ring is 1. The zero-order chi connectivity index (χ0) is 18.0. The number of hydrogen-bond donors (Lipinski definition) is 1. The second-order valence-electron chi connectivity index (χ2n) is 4.45. The minimum Gasteiger partial charge on any atom is -0.476 e. The molecule has 2 N–H and O–H groups in total. The highest BCUT2D eigenvalue weighted by Gasteiger charge is 2.49. The summed E-state index contributed by atoms with van der Waals surface area (Å²) in [5.74, 6) is -1.18. The highest BCUT2D eigenvalue weighted by molar-refractivity contribution is 7.87. The predicted molar refractivity (Wildman–Crippen MR) is 75.5 cm³/mol. The van der Waals surface area contributed by atoms with Crippen molar-refractivity contribution in [2.24, 2.45) is 0 Å². The van der Waals surface area contributed by atoms with Gasteiger partial charge in [-0.2, -0.15) is 36.5 Å². The number of nitrogens with two attached hydrogens (primary N) is 1. The van der Waals surface area contributed by atoms with Crippen molar-refractivity contribution in [2.75, 3.05) is 12.3 Å². The van der Waals surface area contributed by atoms with Gasteiger partial charge in [0.2, 0.25) is 11.8 Å². The van der Waals surface area contributed by atoms with Crippen LogP contribution < -0.4 is 14.7 Å². The molecule has 0 aliphatic rings. The van der Waals surface area contributed by atoms with Crippen LogP contribution in [0, 0.1) is 0 Å². The fourth-order valence-electron chi connectivity index (χ4n) is 1.50. The number of alkyl halides is 3. The summed E-state index contributed by atoms with van der Waals surface area (Å²) in [4.78, 5) is 14.8. The fourth-order valence-corrected chi connectivity index (χ4v) is 1.90. The van der Waals surface area contributed by atoms with Crippen LogP contribution in [0.15, 0.2) is 6.20 Å². The molecule has 0 fully saturated rings. The molecule has 0 radical (unpaired) electrons. The Morgan fingerprint density at radius 2 is 1.96 bits per heavy atom. The van der Waals surface area contributed by atoms with E-state index < -0.39 is 21.5 Å². The number of hydrogen-bond acceptors (Lipinski definition) is 9. The lowest BCUT2D eigenvalue weighted by Crippen LogP contribution is -2.28. The largest absolute Gasteiger partial charge is 0.534 e. The molecule has 0 bridgehead atoms. The Kier molecular flexibility index (Phi) is 4.91. The zero-order valence-electron chi connectivity index (χ0n) is 12.2. The first-order valence-corrected chi connectivity index (χ1v) is 7.98. The van der Waals surface area contributed by atoms with Crippen molar-refractivity contribution in [2.45, 2.75) is 25.3 Å². The molecule has 0 saturated heterocycles. The molecule has 13 heteroatoms. The maximum atomic E-state index is 12.3. The van der Waals surface area contributed by atoms with Crippen molar-refractivity contribution in [1.82, 2.24) is 19.9 Å². The fraction of sp³-hybridized carbons (Fsp3) is 0.455. The van der Waals surface area contributed by atoms with Crippen LogP contribution in [0.1, 0.15) is 19.8 Å². The van der Waals surface area contributed by atoms with Crippen LogP contribution >= 0.6 is 0 Å². The molecule has 0 atom stereocenters. The third-order valence-electron chi connectivity index (χ3n) is 2.59. The van der Waals surface area contributed by atoms with E-state index in [1.807, 2.05) is 6.92 Å².